The first-order valence-corrected chi connectivity index (χ1v) is 8.85. The Labute approximate surface area is 152 Å². The standard InChI is InChI=1S/C19H23N3O2S/c1-13(25-18-11-7-15(8-12-18)20-14(2)23)19(24)21-16-5-9-17(10-6-16)22(3)4/h5-13H,1-4H3,(H,20,23)(H,21,24). The van der Waals surface area contributed by atoms with Crippen molar-refractivity contribution in [2.45, 2.75) is 24.0 Å². The van der Waals surface area contributed by atoms with E-state index in [0.717, 1.165) is 22.0 Å². The van der Waals surface area contributed by atoms with Gasteiger partial charge in [-0.25, -0.2) is 0 Å². The van der Waals surface area contributed by atoms with Crippen molar-refractivity contribution in [3.63, 3.8) is 0 Å². The minimum absolute atomic E-state index is 0.0476. The number of carbonyl (C=O) groups is 2. The van der Waals surface area contributed by atoms with Crippen LogP contribution in [0.1, 0.15) is 13.8 Å². The molecule has 0 aromatic heterocycles. The van der Waals surface area contributed by atoms with Crippen molar-refractivity contribution in [1.29, 1.82) is 0 Å². The number of hydrogen-bond acceptors (Lipinski definition) is 4. The molecule has 0 bridgehead atoms. The highest BCUT2D eigenvalue weighted by Gasteiger charge is 2.14. The van der Waals surface area contributed by atoms with Crippen LogP contribution in [0.2, 0.25) is 0 Å². The lowest BCUT2D eigenvalue weighted by atomic mass is 10.2. The van der Waals surface area contributed by atoms with Gasteiger partial charge >= 0.3 is 0 Å². The van der Waals surface area contributed by atoms with Crippen molar-refractivity contribution < 1.29 is 9.59 Å². The topological polar surface area (TPSA) is 61.4 Å². The molecule has 1 atom stereocenters. The fourth-order valence-electron chi connectivity index (χ4n) is 2.16. The normalized spacial score (nSPS) is 11.5. The van der Waals surface area contributed by atoms with Gasteiger partial charge in [0, 0.05) is 43.0 Å². The first kappa shape index (κ1) is 18.9. The number of thioether (sulfide) groups is 1. The molecule has 0 saturated carbocycles. The molecule has 2 rings (SSSR count). The molecule has 0 fully saturated rings. The number of benzene rings is 2. The van der Waals surface area contributed by atoms with Crippen LogP contribution in [0, 0.1) is 0 Å². The number of nitrogens with one attached hydrogen (secondary N) is 2. The maximum atomic E-state index is 12.3. The van der Waals surface area contributed by atoms with Gasteiger partial charge in [0.1, 0.15) is 0 Å². The maximum absolute atomic E-state index is 12.3. The van der Waals surface area contributed by atoms with Gasteiger partial charge in [0.25, 0.3) is 0 Å². The van der Waals surface area contributed by atoms with E-state index in [-0.39, 0.29) is 17.1 Å². The Morgan fingerprint density at radius 3 is 1.96 bits per heavy atom. The lowest BCUT2D eigenvalue weighted by molar-refractivity contribution is -0.115. The predicted octanol–water partition coefficient (Wildman–Crippen LogP) is 3.83. The van der Waals surface area contributed by atoms with Gasteiger partial charge in [0.15, 0.2) is 0 Å². The Hall–Kier alpha value is -2.47. The van der Waals surface area contributed by atoms with E-state index in [2.05, 4.69) is 10.6 Å². The third kappa shape index (κ3) is 5.83. The zero-order chi connectivity index (χ0) is 18.4. The van der Waals surface area contributed by atoms with E-state index in [1.54, 1.807) is 0 Å². The van der Waals surface area contributed by atoms with E-state index in [0.29, 0.717) is 0 Å². The summed E-state index contributed by atoms with van der Waals surface area (Å²) in [6, 6.07) is 15.2. The second-order valence-electron chi connectivity index (χ2n) is 5.90. The Morgan fingerprint density at radius 1 is 0.920 bits per heavy atom. The molecule has 0 radical (unpaired) electrons. The highest BCUT2D eigenvalue weighted by molar-refractivity contribution is 8.00. The molecule has 0 aliphatic heterocycles. The van der Waals surface area contributed by atoms with Crippen molar-refractivity contribution in [1.82, 2.24) is 0 Å². The number of nitrogens with zero attached hydrogens (tertiary/aromatic N) is 1. The molecule has 2 aromatic carbocycles. The molecule has 132 valence electrons. The average Bonchev–Trinajstić information content (AvgIpc) is 2.56. The van der Waals surface area contributed by atoms with E-state index in [9.17, 15) is 9.59 Å². The molecule has 0 saturated heterocycles. The quantitative estimate of drug-likeness (QED) is 0.772. The smallest absolute Gasteiger partial charge is 0.237 e. The molecule has 0 spiro atoms. The second-order valence-corrected chi connectivity index (χ2v) is 7.31. The highest BCUT2D eigenvalue weighted by atomic mass is 32.2. The fraction of sp³-hybridized carbons (Fsp3) is 0.263. The molecule has 5 nitrogen and oxygen atoms in total. The Kier molecular flexibility index (Phi) is 6.47. The summed E-state index contributed by atoms with van der Waals surface area (Å²) in [4.78, 5) is 26.4. The summed E-state index contributed by atoms with van der Waals surface area (Å²) >= 11 is 1.47. The number of rotatable bonds is 6. The van der Waals surface area contributed by atoms with Crippen LogP contribution in [0.5, 0.6) is 0 Å². The third-order valence-corrected chi connectivity index (χ3v) is 4.62. The van der Waals surface area contributed by atoms with Crippen LogP contribution in [0.3, 0.4) is 0 Å². The lowest BCUT2D eigenvalue weighted by Gasteiger charge is -2.15. The second kappa shape index (κ2) is 8.58. The van der Waals surface area contributed by atoms with E-state index in [1.807, 2.05) is 74.4 Å². The Bertz CT molecular complexity index is 727. The molecule has 2 amide bonds. The van der Waals surface area contributed by atoms with Gasteiger partial charge in [-0.2, -0.15) is 0 Å². The molecule has 6 heteroatoms. The van der Waals surface area contributed by atoms with Crippen molar-refractivity contribution in [2.75, 3.05) is 29.6 Å². The van der Waals surface area contributed by atoms with Crippen LogP contribution in [0.25, 0.3) is 0 Å². The molecule has 0 aliphatic rings. The number of amides is 2. The summed E-state index contributed by atoms with van der Waals surface area (Å²) in [5.74, 6) is -0.151. The highest BCUT2D eigenvalue weighted by Crippen LogP contribution is 2.26. The van der Waals surface area contributed by atoms with Gasteiger partial charge < -0.3 is 15.5 Å². The molecule has 0 aliphatic carbocycles. The molecule has 2 N–H and O–H groups in total. The first-order chi connectivity index (χ1) is 11.8. The molecular weight excluding hydrogens is 334 g/mol. The van der Waals surface area contributed by atoms with E-state index >= 15 is 0 Å². The average molecular weight is 357 g/mol. The predicted molar refractivity (Wildman–Crippen MR) is 105 cm³/mol. The fourth-order valence-corrected chi connectivity index (χ4v) is 3.03. The molecule has 1 unspecified atom stereocenters. The summed E-state index contributed by atoms with van der Waals surface area (Å²) < 4.78 is 0. The minimum Gasteiger partial charge on any atom is -0.378 e. The van der Waals surface area contributed by atoms with Crippen LogP contribution in [-0.2, 0) is 9.59 Å². The summed E-state index contributed by atoms with van der Waals surface area (Å²) in [5, 5.41) is 5.42. The Balaban J connectivity index is 1.92. The van der Waals surface area contributed by atoms with E-state index in [4.69, 9.17) is 0 Å². The van der Waals surface area contributed by atoms with Gasteiger partial charge in [-0.05, 0) is 55.5 Å². The third-order valence-electron chi connectivity index (χ3n) is 3.51. The summed E-state index contributed by atoms with van der Waals surface area (Å²) in [7, 11) is 3.95. The van der Waals surface area contributed by atoms with Gasteiger partial charge in [-0.1, -0.05) is 0 Å². The van der Waals surface area contributed by atoms with E-state index in [1.165, 1.54) is 18.7 Å². The van der Waals surface area contributed by atoms with Crippen molar-refractivity contribution in [3.05, 3.63) is 48.5 Å². The molecule has 2 aromatic rings. The molecule has 0 heterocycles. The first-order valence-electron chi connectivity index (χ1n) is 7.97. The number of carbonyl (C=O) groups excluding carboxylic acids is 2. The summed E-state index contributed by atoms with van der Waals surface area (Å²) in [6.45, 7) is 3.34. The Morgan fingerprint density at radius 2 is 1.44 bits per heavy atom. The van der Waals surface area contributed by atoms with Gasteiger partial charge in [0.05, 0.1) is 5.25 Å². The zero-order valence-electron chi connectivity index (χ0n) is 14.9. The molecule has 25 heavy (non-hydrogen) atoms. The summed E-state index contributed by atoms with van der Waals surface area (Å²) in [6.07, 6.45) is 0. The van der Waals surface area contributed by atoms with Crippen LogP contribution < -0.4 is 15.5 Å². The zero-order valence-corrected chi connectivity index (χ0v) is 15.7. The van der Waals surface area contributed by atoms with Crippen molar-refractivity contribution in [3.8, 4) is 0 Å². The SMILES string of the molecule is CC(=O)Nc1ccc(SC(C)C(=O)Nc2ccc(N(C)C)cc2)cc1. The number of anilines is 3. The van der Waals surface area contributed by atoms with Crippen molar-refractivity contribution in [2.24, 2.45) is 0 Å². The van der Waals surface area contributed by atoms with Gasteiger partial charge in [-0.15, -0.1) is 11.8 Å². The monoisotopic (exact) mass is 357 g/mol. The van der Waals surface area contributed by atoms with Crippen LogP contribution in [0.4, 0.5) is 17.1 Å². The van der Waals surface area contributed by atoms with Crippen LogP contribution in [-0.4, -0.2) is 31.2 Å². The van der Waals surface area contributed by atoms with Gasteiger partial charge in [-0.3, -0.25) is 9.59 Å². The maximum Gasteiger partial charge on any atom is 0.237 e. The molecular formula is C19H23N3O2S. The summed E-state index contributed by atoms with van der Waals surface area (Å²) in [5.41, 5.74) is 2.61. The largest absolute Gasteiger partial charge is 0.378 e. The van der Waals surface area contributed by atoms with Crippen molar-refractivity contribution >= 4 is 40.6 Å². The minimum atomic E-state index is -0.236. The lowest BCUT2D eigenvalue weighted by Crippen LogP contribution is -2.22. The van der Waals surface area contributed by atoms with Gasteiger partial charge in [0.2, 0.25) is 11.8 Å². The van der Waals surface area contributed by atoms with Crippen LogP contribution >= 0.6 is 11.8 Å². The number of hydrogen-bond donors (Lipinski definition) is 2. The van der Waals surface area contributed by atoms with Crippen LogP contribution in [0.15, 0.2) is 53.4 Å². The van der Waals surface area contributed by atoms with E-state index < -0.39 is 0 Å².